The number of unbranched alkanes of at least 4 members (excludes halogenated alkanes) is 10. The van der Waals surface area contributed by atoms with Crippen molar-refractivity contribution in [3.8, 4) is 11.8 Å². The molecule has 212 valence electrons. The van der Waals surface area contributed by atoms with Gasteiger partial charge in [0.2, 0.25) is 0 Å². The molecule has 0 aliphatic carbocycles. The monoisotopic (exact) mass is 525 g/mol. The Bertz CT molecular complexity index is 783. The Hall–Kier alpha value is -2.55. The van der Waals surface area contributed by atoms with Crippen LogP contribution in [0.4, 0.5) is 0 Å². The van der Waals surface area contributed by atoms with Crippen LogP contribution < -0.4 is 0 Å². The van der Waals surface area contributed by atoms with E-state index in [1.165, 1.54) is 44.9 Å². The highest BCUT2D eigenvalue weighted by atomic mass is 16.5. The number of hydrogen-bond acceptors (Lipinski definition) is 4. The van der Waals surface area contributed by atoms with Crippen LogP contribution in [0.25, 0.3) is 0 Å². The summed E-state index contributed by atoms with van der Waals surface area (Å²) in [6.45, 7) is 2.10. The molecule has 5 heteroatoms. The Morgan fingerprint density at radius 1 is 0.842 bits per heavy atom. The van der Waals surface area contributed by atoms with Gasteiger partial charge in [0, 0.05) is 25.1 Å². The van der Waals surface area contributed by atoms with Gasteiger partial charge < -0.3 is 9.84 Å². The van der Waals surface area contributed by atoms with Gasteiger partial charge in [-0.1, -0.05) is 125 Å². The topological polar surface area (TPSA) is 76.0 Å². The molecule has 0 aliphatic heterocycles. The van der Waals surface area contributed by atoms with Gasteiger partial charge in [-0.3, -0.25) is 4.79 Å². The Morgan fingerprint density at radius 2 is 1.47 bits per heavy atom. The number of carbonyl (C=O) groups is 1. The third-order valence-corrected chi connectivity index (χ3v) is 6.00. The van der Waals surface area contributed by atoms with Crippen molar-refractivity contribution in [2.75, 3.05) is 7.11 Å². The lowest BCUT2D eigenvalue weighted by molar-refractivity contribution is -0.118. The van der Waals surface area contributed by atoms with Gasteiger partial charge in [0.25, 0.3) is 5.91 Å². The smallest absolute Gasteiger partial charge is 0.286 e. The largest absolute Gasteiger partial charge is 0.389 e. The van der Waals surface area contributed by atoms with Crippen molar-refractivity contribution < 1.29 is 14.6 Å². The van der Waals surface area contributed by atoms with E-state index in [0.717, 1.165) is 44.9 Å². The van der Waals surface area contributed by atoms with Crippen molar-refractivity contribution >= 4 is 5.91 Å². The summed E-state index contributed by atoms with van der Waals surface area (Å²) in [7, 11) is 1.67. The quantitative estimate of drug-likeness (QED) is 0.0476. The number of carbonyl (C=O) groups excluding carboxylic acids is 1. The van der Waals surface area contributed by atoms with Crippen molar-refractivity contribution in [1.82, 2.24) is 0 Å². The van der Waals surface area contributed by atoms with Crippen molar-refractivity contribution in [3.63, 3.8) is 0 Å². The highest BCUT2D eigenvalue weighted by Gasteiger charge is 2.00. The summed E-state index contributed by atoms with van der Waals surface area (Å²) >= 11 is 0. The van der Waals surface area contributed by atoms with E-state index in [1.54, 1.807) is 19.3 Å². The molecular formula is C33H51NO4. The number of nitroso groups, excluding NO2 is 1. The summed E-state index contributed by atoms with van der Waals surface area (Å²) in [6, 6.07) is 0. The summed E-state index contributed by atoms with van der Waals surface area (Å²) in [4.78, 5) is 20.8. The van der Waals surface area contributed by atoms with E-state index in [-0.39, 0.29) is 6.10 Å². The fourth-order valence-electron chi connectivity index (χ4n) is 3.74. The Balaban J connectivity index is 3.66. The number of aliphatic hydroxyl groups is 1. The molecule has 5 nitrogen and oxygen atoms in total. The maximum absolute atomic E-state index is 10.8. The van der Waals surface area contributed by atoms with Gasteiger partial charge in [0.1, 0.15) is 6.10 Å². The standard InChI is InChI=1S/C33H51NO4/c1-3-4-21-28-32(38-2)29-24-20-19-23-27-31(35)26-22-17-15-13-11-9-7-5-6-8-10-12-14-16-18-25-30-33(36)34-37/h4,11,13,17,19-23,27,31-32,35H,3,5-10,12,14-16,18,25-26,28,30H2,1-2H3/b13-11-,20-19+,21-4-,22-17-,27-23+/t31-,32+/m1/s1. The van der Waals surface area contributed by atoms with E-state index in [9.17, 15) is 14.8 Å². The van der Waals surface area contributed by atoms with E-state index < -0.39 is 12.0 Å². The number of nitrogens with zero attached hydrogens (tertiary/aromatic N) is 1. The van der Waals surface area contributed by atoms with Gasteiger partial charge in [-0.25, -0.2) is 0 Å². The van der Waals surface area contributed by atoms with Gasteiger partial charge in [0.05, 0.1) is 6.10 Å². The summed E-state index contributed by atoms with van der Waals surface area (Å²) in [6.07, 6.45) is 36.0. The minimum absolute atomic E-state index is 0.0889. The van der Waals surface area contributed by atoms with Crippen LogP contribution in [0.2, 0.25) is 0 Å². The number of rotatable bonds is 23. The molecule has 1 N–H and O–H groups in total. The normalized spacial score (nSPS) is 13.7. The SMILES string of the molecule is CC/C=C\C[C@@H](C#C/C=C/C=C/[C@H](O)C/C=C\C/C=C\CCCCCCCCCCCCC(=O)N=O)OC. The lowest BCUT2D eigenvalue weighted by atomic mass is 10.0. The second-order valence-corrected chi connectivity index (χ2v) is 9.41. The number of aliphatic hydroxyl groups excluding tert-OH is 1. The molecule has 0 bridgehead atoms. The number of methoxy groups -OCH3 is 1. The molecule has 0 unspecified atom stereocenters. The highest BCUT2D eigenvalue weighted by Crippen LogP contribution is 2.12. The summed E-state index contributed by atoms with van der Waals surface area (Å²) < 4.78 is 5.33. The van der Waals surface area contributed by atoms with E-state index in [4.69, 9.17) is 4.74 Å². The number of allylic oxidation sites excluding steroid dienone is 7. The average molecular weight is 526 g/mol. The number of hydrogen-bond donors (Lipinski definition) is 1. The van der Waals surface area contributed by atoms with Gasteiger partial charge in [0.15, 0.2) is 0 Å². The zero-order valence-electron chi connectivity index (χ0n) is 23.9. The van der Waals surface area contributed by atoms with Crippen LogP contribution in [0.3, 0.4) is 0 Å². The molecule has 0 saturated carbocycles. The lowest BCUT2D eigenvalue weighted by Gasteiger charge is -2.03. The maximum Gasteiger partial charge on any atom is 0.286 e. The predicted octanol–water partition coefficient (Wildman–Crippen LogP) is 8.70. The fraction of sp³-hybridized carbons (Fsp3) is 0.606. The molecular weight excluding hydrogens is 474 g/mol. The fourth-order valence-corrected chi connectivity index (χ4v) is 3.74. The second kappa shape index (κ2) is 29.0. The minimum Gasteiger partial charge on any atom is -0.389 e. The molecule has 2 atom stereocenters. The number of ether oxygens (including phenoxy) is 1. The molecule has 0 aromatic rings. The molecule has 0 aliphatic rings. The maximum atomic E-state index is 10.8. The van der Waals surface area contributed by atoms with Gasteiger partial charge in [-0.2, -0.15) is 0 Å². The van der Waals surface area contributed by atoms with Crippen molar-refractivity contribution in [2.24, 2.45) is 5.18 Å². The van der Waals surface area contributed by atoms with Crippen LogP contribution in [0, 0.1) is 16.7 Å². The molecule has 1 amide bonds. The first-order valence-corrected chi connectivity index (χ1v) is 14.5. The van der Waals surface area contributed by atoms with Gasteiger partial charge >= 0.3 is 0 Å². The minimum atomic E-state index is -0.519. The zero-order valence-corrected chi connectivity index (χ0v) is 23.9. The molecule has 0 radical (unpaired) electrons. The molecule has 0 aromatic carbocycles. The average Bonchev–Trinajstić information content (AvgIpc) is 2.93. The van der Waals surface area contributed by atoms with Crippen molar-refractivity contribution in [3.05, 3.63) is 65.7 Å². The predicted molar refractivity (Wildman–Crippen MR) is 161 cm³/mol. The summed E-state index contributed by atoms with van der Waals surface area (Å²) in [5.41, 5.74) is 0. The molecule has 0 saturated heterocycles. The van der Waals surface area contributed by atoms with Crippen LogP contribution in [-0.4, -0.2) is 30.3 Å². The Labute approximate surface area is 232 Å². The van der Waals surface area contributed by atoms with Crippen LogP contribution in [0.15, 0.2) is 65.9 Å². The van der Waals surface area contributed by atoms with E-state index in [2.05, 4.69) is 54.3 Å². The van der Waals surface area contributed by atoms with Crippen LogP contribution >= 0.6 is 0 Å². The van der Waals surface area contributed by atoms with Gasteiger partial charge in [-0.05, 0) is 44.6 Å². The third-order valence-electron chi connectivity index (χ3n) is 6.00. The molecule has 0 fully saturated rings. The first kappa shape index (κ1) is 35.5. The molecule has 0 spiro atoms. The molecule has 0 rings (SSSR count). The first-order chi connectivity index (χ1) is 18.6. The van der Waals surface area contributed by atoms with E-state index in [1.807, 2.05) is 18.2 Å². The van der Waals surface area contributed by atoms with Crippen molar-refractivity contribution in [2.45, 2.75) is 122 Å². The van der Waals surface area contributed by atoms with Crippen molar-refractivity contribution in [1.29, 1.82) is 0 Å². The first-order valence-electron chi connectivity index (χ1n) is 14.5. The highest BCUT2D eigenvalue weighted by molar-refractivity contribution is 5.76. The lowest BCUT2D eigenvalue weighted by Crippen LogP contribution is -2.05. The van der Waals surface area contributed by atoms with Gasteiger partial charge in [-0.15, -0.1) is 4.91 Å². The van der Waals surface area contributed by atoms with Crippen LogP contribution in [0.1, 0.15) is 110 Å². The van der Waals surface area contributed by atoms with E-state index >= 15 is 0 Å². The number of amides is 1. The zero-order chi connectivity index (χ0) is 27.9. The Kier molecular flexibility index (Phi) is 27.1. The Morgan fingerprint density at radius 3 is 2.13 bits per heavy atom. The van der Waals surface area contributed by atoms with Crippen LogP contribution in [-0.2, 0) is 9.53 Å². The molecule has 0 heterocycles. The second-order valence-electron chi connectivity index (χ2n) is 9.41. The van der Waals surface area contributed by atoms with Crippen LogP contribution in [0.5, 0.6) is 0 Å². The summed E-state index contributed by atoms with van der Waals surface area (Å²) in [5, 5.41) is 12.4. The summed E-state index contributed by atoms with van der Waals surface area (Å²) in [5.74, 6) is 5.53. The molecule has 0 aromatic heterocycles. The molecule has 38 heavy (non-hydrogen) atoms. The third kappa shape index (κ3) is 26.5. The van der Waals surface area contributed by atoms with E-state index in [0.29, 0.717) is 12.8 Å².